The fourth-order valence-electron chi connectivity index (χ4n) is 1.34. The van der Waals surface area contributed by atoms with Crippen molar-refractivity contribution in [3.05, 3.63) is 30.0 Å². The summed E-state index contributed by atoms with van der Waals surface area (Å²) in [7, 11) is 1.29. The highest BCUT2D eigenvalue weighted by atomic mass is 16.5. The maximum atomic E-state index is 11.4. The van der Waals surface area contributed by atoms with E-state index in [1.807, 2.05) is 0 Å². The molecule has 2 aromatic rings. The Kier molecular flexibility index (Phi) is 2.21. The Morgan fingerprint density at radius 2 is 2.27 bits per heavy atom. The van der Waals surface area contributed by atoms with Crippen LogP contribution in [0.15, 0.2) is 24.4 Å². The summed E-state index contributed by atoms with van der Waals surface area (Å²) in [6, 6.07) is 4.88. The van der Waals surface area contributed by atoms with Crippen LogP contribution in [0, 0.1) is 0 Å². The molecule has 0 bridgehead atoms. The van der Waals surface area contributed by atoms with Gasteiger partial charge in [0.05, 0.1) is 18.9 Å². The standard InChI is InChI=1S/C10H8N2O3/c1-15-10(14)7-4-2-3-6-8(13)5-11-12-9(6)7/h2-5H,1H3,(H,12,13). The first-order chi connectivity index (χ1) is 7.24. The van der Waals surface area contributed by atoms with E-state index in [-0.39, 0.29) is 5.75 Å². The first-order valence-electron chi connectivity index (χ1n) is 4.25. The maximum Gasteiger partial charge on any atom is 0.340 e. The molecule has 15 heavy (non-hydrogen) atoms. The number of methoxy groups -OCH3 is 1. The molecule has 1 heterocycles. The van der Waals surface area contributed by atoms with Crippen LogP contribution in [0.5, 0.6) is 5.75 Å². The summed E-state index contributed by atoms with van der Waals surface area (Å²) in [6.45, 7) is 0. The Morgan fingerprint density at radius 1 is 1.47 bits per heavy atom. The summed E-state index contributed by atoms with van der Waals surface area (Å²) in [5, 5.41) is 17.4. The number of aromatic nitrogens is 2. The van der Waals surface area contributed by atoms with Crippen LogP contribution >= 0.6 is 0 Å². The number of ether oxygens (including phenoxy) is 1. The van der Waals surface area contributed by atoms with E-state index >= 15 is 0 Å². The molecule has 0 radical (unpaired) electrons. The molecular formula is C10H8N2O3. The van der Waals surface area contributed by atoms with Crippen molar-refractivity contribution in [2.24, 2.45) is 0 Å². The number of carbonyl (C=O) groups excluding carboxylic acids is 1. The number of rotatable bonds is 1. The number of aromatic hydroxyl groups is 1. The third kappa shape index (κ3) is 1.48. The van der Waals surface area contributed by atoms with Crippen LogP contribution in [0.4, 0.5) is 0 Å². The van der Waals surface area contributed by atoms with Crippen molar-refractivity contribution in [2.45, 2.75) is 0 Å². The molecule has 1 aromatic carbocycles. The van der Waals surface area contributed by atoms with Gasteiger partial charge in [-0.25, -0.2) is 4.79 Å². The highest BCUT2D eigenvalue weighted by Gasteiger charge is 2.12. The number of carbonyl (C=O) groups is 1. The predicted molar refractivity (Wildman–Crippen MR) is 52.5 cm³/mol. The van der Waals surface area contributed by atoms with Crippen LogP contribution in [0.2, 0.25) is 0 Å². The van der Waals surface area contributed by atoms with Crippen molar-refractivity contribution in [2.75, 3.05) is 7.11 Å². The van der Waals surface area contributed by atoms with Gasteiger partial charge in [-0.15, -0.1) is 5.10 Å². The lowest BCUT2D eigenvalue weighted by atomic mass is 10.1. The summed E-state index contributed by atoms with van der Waals surface area (Å²) in [6.07, 6.45) is 1.23. The number of esters is 1. The molecule has 2 rings (SSSR count). The van der Waals surface area contributed by atoms with Crippen molar-refractivity contribution in [3.8, 4) is 5.75 Å². The first-order valence-corrected chi connectivity index (χ1v) is 4.25. The molecule has 0 aliphatic rings. The largest absolute Gasteiger partial charge is 0.506 e. The molecule has 0 saturated heterocycles. The van der Waals surface area contributed by atoms with E-state index in [1.165, 1.54) is 13.3 Å². The molecule has 5 nitrogen and oxygen atoms in total. The molecule has 0 atom stereocenters. The van der Waals surface area contributed by atoms with E-state index in [0.717, 1.165) is 0 Å². The van der Waals surface area contributed by atoms with E-state index in [4.69, 9.17) is 0 Å². The molecule has 0 amide bonds. The Bertz CT molecular complexity index is 525. The first kappa shape index (κ1) is 9.39. The van der Waals surface area contributed by atoms with E-state index in [2.05, 4.69) is 14.9 Å². The summed E-state index contributed by atoms with van der Waals surface area (Å²) < 4.78 is 4.60. The average molecular weight is 204 g/mol. The van der Waals surface area contributed by atoms with Crippen LogP contribution < -0.4 is 0 Å². The van der Waals surface area contributed by atoms with E-state index < -0.39 is 5.97 Å². The highest BCUT2D eigenvalue weighted by molar-refractivity contribution is 6.03. The van der Waals surface area contributed by atoms with Gasteiger partial charge in [0.25, 0.3) is 0 Å². The van der Waals surface area contributed by atoms with Gasteiger partial charge in [-0.2, -0.15) is 5.10 Å². The normalized spacial score (nSPS) is 10.2. The second-order valence-electron chi connectivity index (χ2n) is 2.92. The van der Waals surface area contributed by atoms with E-state index in [0.29, 0.717) is 16.5 Å². The lowest BCUT2D eigenvalue weighted by Gasteiger charge is -2.03. The quantitative estimate of drug-likeness (QED) is 0.705. The summed E-state index contributed by atoms with van der Waals surface area (Å²) >= 11 is 0. The minimum atomic E-state index is -0.500. The number of hydrogen-bond acceptors (Lipinski definition) is 5. The highest BCUT2D eigenvalue weighted by Crippen LogP contribution is 2.23. The zero-order valence-corrected chi connectivity index (χ0v) is 7.97. The van der Waals surface area contributed by atoms with Gasteiger partial charge >= 0.3 is 5.97 Å². The number of hydrogen-bond donors (Lipinski definition) is 1. The van der Waals surface area contributed by atoms with Gasteiger partial charge in [0, 0.05) is 5.39 Å². The average Bonchev–Trinajstić information content (AvgIpc) is 2.28. The van der Waals surface area contributed by atoms with Gasteiger partial charge in [0.15, 0.2) is 0 Å². The second-order valence-corrected chi connectivity index (χ2v) is 2.92. The minimum absolute atomic E-state index is 0.00856. The van der Waals surface area contributed by atoms with Gasteiger partial charge in [0.2, 0.25) is 0 Å². The van der Waals surface area contributed by atoms with Crippen molar-refractivity contribution in [1.29, 1.82) is 0 Å². The van der Waals surface area contributed by atoms with Gasteiger partial charge in [-0.1, -0.05) is 6.07 Å². The van der Waals surface area contributed by atoms with Crippen LogP contribution in [-0.2, 0) is 4.74 Å². The number of fused-ring (bicyclic) bond motifs is 1. The molecule has 0 fully saturated rings. The molecule has 0 aliphatic heterocycles. The number of benzene rings is 1. The molecule has 5 heteroatoms. The molecule has 0 unspecified atom stereocenters. The van der Waals surface area contributed by atoms with Crippen LogP contribution in [-0.4, -0.2) is 28.4 Å². The SMILES string of the molecule is COC(=O)c1cccc2c(O)cnnc12. The minimum Gasteiger partial charge on any atom is -0.506 e. The Hall–Kier alpha value is -2.17. The Morgan fingerprint density at radius 3 is 3.00 bits per heavy atom. The lowest BCUT2D eigenvalue weighted by molar-refractivity contribution is 0.0602. The topological polar surface area (TPSA) is 72.3 Å². The van der Waals surface area contributed by atoms with Crippen molar-refractivity contribution in [1.82, 2.24) is 10.2 Å². The molecule has 0 spiro atoms. The third-order valence-corrected chi connectivity index (χ3v) is 2.06. The molecule has 0 aliphatic carbocycles. The molecule has 1 N–H and O–H groups in total. The van der Waals surface area contributed by atoms with Crippen LogP contribution in [0.25, 0.3) is 10.9 Å². The fourth-order valence-corrected chi connectivity index (χ4v) is 1.34. The Labute approximate surface area is 85.3 Å². The zero-order valence-electron chi connectivity index (χ0n) is 7.97. The monoisotopic (exact) mass is 204 g/mol. The van der Waals surface area contributed by atoms with Crippen LogP contribution in [0.1, 0.15) is 10.4 Å². The maximum absolute atomic E-state index is 11.4. The van der Waals surface area contributed by atoms with Crippen molar-refractivity contribution >= 4 is 16.9 Å². The summed E-state index contributed by atoms with van der Waals surface area (Å²) in [5.41, 5.74) is 0.628. The van der Waals surface area contributed by atoms with Crippen molar-refractivity contribution in [3.63, 3.8) is 0 Å². The lowest BCUT2D eigenvalue weighted by Crippen LogP contribution is -2.03. The molecule has 1 aromatic heterocycles. The van der Waals surface area contributed by atoms with Crippen molar-refractivity contribution < 1.29 is 14.6 Å². The third-order valence-electron chi connectivity index (χ3n) is 2.06. The second kappa shape index (κ2) is 3.53. The fraction of sp³-hybridized carbons (Fsp3) is 0.100. The van der Waals surface area contributed by atoms with Crippen LogP contribution in [0.3, 0.4) is 0 Å². The molecule has 0 saturated carbocycles. The summed E-state index contributed by atoms with van der Waals surface area (Å²) in [5.74, 6) is -0.508. The summed E-state index contributed by atoms with van der Waals surface area (Å²) in [4.78, 5) is 11.4. The van der Waals surface area contributed by atoms with Gasteiger partial charge in [-0.3, -0.25) is 0 Å². The smallest absolute Gasteiger partial charge is 0.340 e. The number of nitrogens with zero attached hydrogens (tertiary/aromatic N) is 2. The Balaban J connectivity index is 2.77. The molecular weight excluding hydrogens is 196 g/mol. The molecule has 76 valence electrons. The van der Waals surface area contributed by atoms with E-state index in [1.54, 1.807) is 18.2 Å². The van der Waals surface area contributed by atoms with Gasteiger partial charge in [-0.05, 0) is 12.1 Å². The predicted octanol–water partition coefficient (Wildman–Crippen LogP) is 1.12. The zero-order chi connectivity index (χ0) is 10.8. The van der Waals surface area contributed by atoms with Gasteiger partial charge < -0.3 is 9.84 Å². The van der Waals surface area contributed by atoms with Gasteiger partial charge in [0.1, 0.15) is 11.3 Å². The van der Waals surface area contributed by atoms with E-state index in [9.17, 15) is 9.90 Å².